The molecule has 0 atom stereocenters. The summed E-state index contributed by atoms with van der Waals surface area (Å²) in [5.74, 6) is 1.40. The number of methoxy groups -OCH3 is 1. The van der Waals surface area contributed by atoms with Crippen molar-refractivity contribution in [1.29, 1.82) is 0 Å². The van der Waals surface area contributed by atoms with Crippen LogP contribution in [0, 0.1) is 6.92 Å². The second-order valence-electron chi connectivity index (χ2n) is 11.0. The van der Waals surface area contributed by atoms with Crippen molar-refractivity contribution in [3.05, 3.63) is 52.1 Å². The van der Waals surface area contributed by atoms with Crippen LogP contribution in [0.2, 0.25) is 0 Å². The summed E-state index contributed by atoms with van der Waals surface area (Å²) in [6, 6.07) is 7.94. The highest BCUT2D eigenvalue weighted by Gasteiger charge is 2.22. The molecule has 0 saturated heterocycles. The van der Waals surface area contributed by atoms with Crippen molar-refractivity contribution in [3.8, 4) is 17.2 Å². The van der Waals surface area contributed by atoms with Crippen LogP contribution in [-0.4, -0.2) is 17.3 Å². The first-order valence-electron chi connectivity index (χ1n) is 13.4. The molecule has 2 N–H and O–H groups in total. The van der Waals surface area contributed by atoms with Crippen molar-refractivity contribution in [3.63, 3.8) is 0 Å². The van der Waals surface area contributed by atoms with Gasteiger partial charge < -0.3 is 14.9 Å². The molecule has 2 aromatic rings. The summed E-state index contributed by atoms with van der Waals surface area (Å²) in [7, 11) is 1.65. The highest BCUT2D eigenvalue weighted by atomic mass is 16.5. The van der Waals surface area contributed by atoms with Crippen LogP contribution in [-0.2, 0) is 18.3 Å². The van der Waals surface area contributed by atoms with Gasteiger partial charge in [-0.15, -0.1) is 0 Å². The number of benzene rings is 2. The van der Waals surface area contributed by atoms with Gasteiger partial charge in [0.25, 0.3) is 0 Å². The quantitative estimate of drug-likeness (QED) is 0.272. The summed E-state index contributed by atoms with van der Waals surface area (Å²) in [5, 5.41) is 22.1. The van der Waals surface area contributed by atoms with Crippen molar-refractivity contribution in [2.45, 2.75) is 117 Å². The predicted octanol–water partition coefficient (Wildman–Crippen LogP) is 8.77. The summed E-state index contributed by atoms with van der Waals surface area (Å²) < 4.78 is 5.51. The van der Waals surface area contributed by atoms with Gasteiger partial charge in [0, 0.05) is 17.5 Å². The maximum atomic E-state index is 11.1. The molecule has 0 aliphatic carbocycles. The highest BCUT2D eigenvalue weighted by Crippen LogP contribution is 2.39. The van der Waals surface area contributed by atoms with Crippen LogP contribution in [0.1, 0.15) is 120 Å². The molecule has 0 radical (unpaired) electrons. The lowest BCUT2D eigenvalue weighted by Crippen LogP contribution is -2.12. The van der Waals surface area contributed by atoms with Crippen molar-refractivity contribution in [2.75, 3.05) is 7.11 Å². The Labute approximate surface area is 208 Å². The van der Waals surface area contributed by atoms with E-state index in [0.717, 1.165) is 46.4 Å². The fourth-order valence-corrected chi connectivity index (χ4v) is 4.76. The van der Waals surface area contributed by atoms with E-state index >= 15 is 0 Å². The Hall–Kier alpha value is -2.16. The monoisotopic (exact) mass is 468 g/mol. The molecule has 190 valence electrons. The van der Waals surface area contributed by atoms with Gasteiger partial charge in [-0.2, -0.15) is 0 Å². The van der Waals surface area contributed by atoms with Crippen LogP contribution < -0.4 is 4.74 Å². The van der Waals surface area contributed by atoms with E-state index in [1.165, 1.54) is 57.8 Å². The smallest absolute Gasteiger partial charge is 0.123 e. The van der Waals surface area contributed by atoms with E-state index in [9.17, 15) is 10.2 Å². The van der Waals surface area contributed by atoms with Crippen molar-refractivity contribution in [1.82, 2.24) is 0 Å². The van der Waals surface area contributed by atoms with Gasteiger partial charge in [0.05, 0.1) is 7.11 Å². The number of hydrogen-bond donors (Lipinski definition) is 2. The van der Waals surface area contributed by atoms with E-state index in [2.05, 4.69) is 40.7 Å². The molecular formula is C31H48O3. The molecule has 0 unspecified atom stereocenters. The summed E-state index contributed by atoms with van der Waals surface area (Å²) in [6.45, 7) is 10.6. The number of ether oxygens (including phenoxy) is 1. The number of unbranched alkanes of at least 4 members (excludes halogenated alkanes) is 9. The Morgan fingerprint density at radius 2 is 1.24 bits per heavy atom. The van der Waals surface area contributed by atoms with Crippen molar-refractivity contribution < 1.29 is 14.9 Å². The molecule has 0 fully saturated rings. The highest BCUT2D eigenvalue weighted by molar-refractivity contribution is 5.53. The molecule has 0 aliphatic rings. The largest absolute Gasteiger partial charge is 0.507 e. The number of phenols is 2. The molecule has 0 amide bonds. The van der Waals surface area contributed by atoms with Gasteiger partial charge >= 0.3 is 0 Å². The lowest BCUT2D eigenvalue weighted by Gasteiger charge is -2.23. The van der Waals surface area contributed by atoms with E-state index in [1.807, 2.05) is 18.2 Å². The van der Waals surface area contributed by atoms with Crippen molar-refractivity contribution in [2.24, 2.45) is 0 Å². The average Bonchev–Trinajstić information content (AvgIpc) is 2.78. The second-order valence-corrected chi connectivity index (χ2v) is 11.0. The van der Waals surface area contributed by atoms with Gasteiger partial charge in [-0.3, -0.25) is 0 Å². The van der Waals surface area contributed by atoms with E-state index in [4.69, 9.17) is 4.74 Å². The Morgan fingerprint density at radius 1 is 0.706 bits per heavy atom. The first-order chi connectivity index (χ1) is 16.2. The standard InChI is InChI=1S/C31H48O3/c1-7-8-9-10-11-12-13-14-15-16-17-24-18-23(2)19-25(29(24)32)20-26-21-27(34-6)22-28(30(26)33)31(3,4)5/h18-19,21-22,32-33H,7-17,20H2,1-6H3. The number of aryl methyl sites for hydroxylation is 2. The Balaban J connectivity index is 2.01. The SMILES string of the molecule is CCCCCCCCCCCCc1cc(C)cc(Cc2cc(OC)cc(C(C)(C)C)c2O)c1O. The molecule has 0 aliphatic heterocycles. The van der Waals surface area contributed by atoms with E-state index in [1.54, 1.807) is 7.11 Å². The lowest BCUT2D eigenvalue weighted by molar-refractivity contribution is 0.403. The van der Waals surface area contributed by atoms with Gasteiger partial charge in [0.2, 0.25) is 0 Å². The molecule has 0 heterocycles. The minimum absolute atomic E-state index is 0.206. The van der Waals surface area contributed by atoms with E-state index in [0.29, 0.717) is 17.9 Å². The van der Waals surface area contributed by atoms with Gasteiger partial charge in [0.15, 0.2) is 0 Å². The zero-order valence-electron chi connectivity index (χ0n) is 22.6. The summed E-state index contributed by atoms with van der Waals surface area (Å²) in [4.78, 5) is 0. The molecule has 2 aromatic carbocycles. The van der Waals surface area contributed by atoms with E-state index in [-0.39, 0.29) is 5.41 Å². The zero-order valence-corrected chi connectivity index (χ0v) is 22.6. The molecular weight excluding hydrogens is 420 g/mol. The third-order valence-electron chi connectivity index (χ3n) is 6.80. The van der Waals surface area contributed by atoms with Gasteiger partial charge in [0.1, 0.15) is 17.2 Å². The Kier molecular flexibility index (Phi) is 11.3. The normalized spacial score (nSPS) is 11.7. The summed E-state index contributed by atoms with van der Waals surface area (Å²) >= 11 is 0. The van der Waals surface area contributed by atoms with Crippen molar-refractivity contribution >= 4 is 0 Å². The van der Waals surface area contributed by atoms with Crippen LogP contribution in [0.5, 0.6) is 17.2 Å². The Bertz CT molecular complexity index is 893. The maximum absolute atomic E-state index is 11.1. The molecule has 34 heavy (non-hydrogen) atoms. The lowest BCUT2D eigenvalue weighted by atomic mass is 9.84. The van der Waals surface area contributed by atoms with Crippen LogP contribution in [0.4, 0.5) is 0 Å². The zero-order chi connectivity index (χ0) is 25.1. The minimum atomic E-state index is -0.206. The fraction of sp³-hybridized carbons (Fsp3) is 0.613. The molecule has 0 spiro atoms. The number of phenolic OH excluding ortho intramolecular Hbond substituents is 2. The van der Waals surface area contributed by atoms with Crippen LogP contribution in [0.15, 0.2) is 24.3 Å². The third kappa shape index (κ3) is 8.56. The van der Waals surface area contributed by atoms with Crippen LogP contribution in [0.3, 0.4) is 0 Å². The second kappa shape index (κ2) is 13.7. The predicted molar refractivity (Wildman–Crippen MR) is 145 cm³/mol. The van der Waals surface area contributed by atoms with Crippen LogP contribution in [0.25, 0.3) is 0 Å². The van der Waals surface area contributed by atoms with Gasteiger partial charge in [-0.05, 0) is 48.4 Å². The Morgan fingerprint density at radius 3 is 1.79 bits per heavy atom. The van der Waals surface area contributed by atoms with Gasteiger partial charge in [-0.1, -0.05) is 103 Å². The van der Waals surface area contributed by atoms with E-state index < -0.39 is 0 Å². The number of rotatable bonds is 14. The minimum Gasteiger partial charge on any atom is -0.507 e. The molecule has 0 aromatic heterocycles. The molecule has 3 heteroatoms. The molecule has 2 rings (SSSR count). The topological polar surface area (TPSA) is 49.7 Å². The summed E-state index contributed by atoms with van der Waals surface area (Å²) in [5.41, 5.74) is 4.48. The number of hydrogen-bond acceptors (Lipinski definition) is 3. The average molecular weight is 469 g/mol. The molecule has 0 saturated carbocycles. The third-order valence-corrected chi connectivity index (χ3v) is 6.80. The number of aromatic hydroxyl groups is 2. The van der Waals surface area contributed by atoms with Gasteiger partial charge in [-0.25, -0.2) is 0 Å². The molecule has 3 nitrogen and oxygen atoms in total. The fourth-order valence-electron chi connectivity index (χ4n) is 4.76. The molecule has 0 bridgehead atoms. The summed E-state index contributed by atoms with van der Waals surface area (Å²) in [6.07, 6.45) is 14.5. The first-order valence-corrected chi connectivity index (χ1v) is 13.4. The maximum Gasteiger partial charge on any atom is 0.123 e. The van der Waals surface area contributed by atoms with Crippen LogP contribution >= 0.6 is 0 Å². The first kappa shape index (κ1) is 28.1.